The van der Waals surface area contributed by atoms with Crippen LogP contribution in [0.5, 0.6) is 11.5 Å². The molecule has 7 N–H and O–H groups in total. The van der Waals surface area contributed by atoms with Crippen LogP contribution in [0.2, 0.25) is 0 Å². The van der Waals surface area contributed by atoms with Gasteiger partial charge in [-0.25, -0.2) is 0 Å². The summed E-state index contributed by atoms with van der Waals surface area (Å²) < 4.78 is 6.68. The largest absolute Gasteiger partial charge is 0.457 e. The van der Waals surface area contributed by atoms with Gasteiger partial charge in [0.15, 0.2) is 12.0 Å². The Hall–Kier alpha value is -4.43. The molecule has 3 aromatic carbocycles. The summed E-state index contributed by atoms with van der Waals surface area (Å²) >= 11 is 1.24. The second kappa shape index (κ2) is 10.8. The van der Waals surface area contributed by atoms with Crippen LogP contribution in [0.3, 0.4) is 0 Å². The molecule has 0 bridgehead atoms. The molecule has 1 aliphatic heterocycles. The number of rotatable bonds is 5. The Morgan fingerprint density at radius 3 is 2.60 bits per heavy atom. The van der Waals surface area contributed by atoms with Crippen LogP contribution in [-0.4, -0.2) is 35.7 Å². The third-order valence-corrected chi connectivity index (χ3v) is 9.58. The molecule has 3 unspecified atom stereocenters. The molecule has 1 aromatic heterocycles. The monoisotopic (exact) mass is 580 g/mol. The molecule has 214 valence electrons. The van der Waals surface area contributed by atoms with Gasteiger partial charge in [-0.05, 0) is 73.2 Å². The molecule has 1 aliphatic carbocycles. The first kappa shape index (κ1) is 27.7. The summed E-state index contributed by atoms with van der Waals surface area (Å²) in [4.78, 5) is 29.9. The van der Waals surface area contributed by atoms with Gasteiger partial charge in [0, 0.05) is 35.8 Å². The zero-order valence-corrected chi connectivity index (χ0v) is 24.0. The lowest BCUT2D eigenvalue weighted by atomic mass is 9.69. The standard InChI is InChI=1S/C32H32N6O3S/c1-18-16-21(41-20-7-3-2-4-8-20)9-10-22(18)32(36)23-11-12-24(34)28-25(23)26(27(35)30(32)39)29(42-28)31(40)37-19-6-5-14-38(17-33)15-13-19/h2-4,7-12,16,19,27H,5-6,13-15,34-36H2,1H3,(H,37,40). The fraction of sp³-hybridized carbons (Fsp3) is 0.281. The number of nitriles is 1. The second-order valence-electron chi connectivity index (χ2n) is 11.0. The van der Waals surface area contributed by atoms with Crippen molar-refractivity contribution >= 4 is 38.8 Å². The number of thiophene rings is 1. The van der Waals surface area contributed by atoms with Crippen molar-refractivity contribution in [1.29, 1.82) is 5.26 Å². The number of ketones is 1. The highest BCUT2D eigenvalue weighted by Gasteiger charge is 2.49. The highest BCUT2D eigenvalue weighted by molar-refractivity contribution is 7.21. The lowest BCUT2D eigenvalue weighted by Gasteiger charge is -2.37. The van der Waals surface area contributed by atoms with Crippen LogP contribution in [0.4, 0.5) is 5.69 Å². The molecule has 1 saturated heterocycles. The lowest BCUT2D eigenvalue weighted by Crippen LogP contribution is -2.53. The molecule has 4 aromatic rings. The van der Waals surface area contributed by atoms with Crippen LogP contribution < -0.4 is 27.3 Å². The van der Waals surface area contributed by atoms with E-state index in [0.717, 1.165) is 18.4 Å². The number of Topliss-reactive ketones (excluding diaryl/α,β-unsaturated/α-hetero) is 1. The number of para-hydroxylation sites is 1. The van der Waals surface area contributed by atoms with E-state index in [9.17, 15) is 14.9 Å². The van der Waals surface area contributed by atoms with Crippen LogP contribution in [0.25, 0.3) is 10.1 Å². The van der Waals surface area contributed by atoms with Crippen molar-refractivity contribution < 1.29 is 14.3 Å². The Morgan fingerprint density at radius 2 is 1.86 bits per heavy atom. The second-order valence-corrected chi connectivity index (χ2v) is 12.0. The Morgan fingerprint density at radius 1 is 1.10 bits per heavy atom. The molecule has 42 heavy (non-hydrogen) atoms. The molecule has 0 spiro atoms. The summed E-state index contributed by atoms with van der Waals surface area (Å²) in [5, 5.41) is 13.0. The Balaban J connectivity index is 1.40. The number of nitrogens with two attached hydrogens (primary N) is 3. The van der Waals surface area contributed by atoms with E-state index in [1.54, 1.807) is 23.1 Å². The SMILES string of the molecule is Cc1cc(Oc2ccccc2)ccc1C1(N)C(=O)C(N)c2c(C(=O)NC3CCCN(C#N)CC3)sc3c(N)ccc1c23. The number of benzene rings is 3. The first-order chi connectivity index (χ1) is 20.2. The zero-order chi connectivity index (χ0) is 29.6. The van der Waals surface area contributed by atoms with E-state index in [1.165, 1.54) is 11.3 Å². The first-order valence-corrected chi connectivity index (χ1v) is 14.8. The fourth-order valence-electron chi connectivity index (χ4n) is 6.19. The van der Waals surface area contributed by atoms with Gasteiger partial charge >= 0.3 is 0 Å². The Bertz CT molecular complexity index is 1750. The van der Waals surface area contributed by atoms with Gasteiger partial charge in [0.25, 0.3) is 5.91 Å². The number of carbonyl (C=O) groups excluding carboxylic acids is 2. The molecular weight excluding hydrogens is 548 g/mol. The van der Waals surface area contributed by atoms with Gasteiger partial charge in [-0.15, -0.1) is 11.3 Å². The minimum Gasteiger partial charge on any atom is -0.457 e. The highest BCUT2D eigenvalue weighted by Crippen LogP contribution is 2.50. The summed E-state index contributed by atoms with van der Waals surface area (Å²) in [7, 11) is 0. The van der Waals surface area contributed by atoms with Crippen molar-refractivity contribution in [1.82, 2.24) is 10.2 Å². The minimum atomic E-state index is -1.55. The number of ether oxygens (including phenoxy) is 1. The maximum Gasteiger partial charge on any atom is 0.261 e. The van der Waals surface area contributed by atoms with Gasteiger partial charge in [0.1, 0.15) is 17.0 Å². The van der Waals surface area contributed by atoms with Crippen molar-refractivity contribution in [2.24, 2.45) is 11.5 Å². The average molecular weight is 581 g/mol. The van der Waals surface area contributed by atoms with Gasteiger partial charge in [0.2, 0.25) is 0 Å². The number of nitrogens with one attached hydrogen (secondary N) is 1. The van der Waals surface area contributed by atoms with E-state index in [2.05, 4.69) is 11.5 Å². The van der Waals surface area contributed by atoms with Crippen molar-refractivity contribution in [3.05, 3.63) is 87.8 Å². The topological polar surface area (TPSA) is 160 Å². The number of carbonyl (C=O) groups is 2. The van der Waals surface area contributed by atoms with E-state index in [0.29, 0.717) is 68.4 Å². The zero-order valence-electron chi connectivity index (χ0n) is 23.2. The minimum absolute atomic E-state index is 0.0894. The van der Waals surface area contributed by atoms with Gasteiger partial charge in [-0.2, -0.15) is 5.26 Å². The van der Waals surface area contributed by atoms with Crippen LogP contribution >= 0.6 is 11.3 Å². The van der Waals surface area contributed by atoms with E-state index in [4.69, 9.17) is 21.9 Å². The number of aryl methyl sites for hydroxylation is 1. The number of nitrogens with zero attached hydrogens (tertiary/aromatic N) is 2. The molecule has 0 saturated carbocycles. The smallest absolute Gasteiger partial charge is 0.261 e. The van der Waals surface area contributed by atoms with Crippen LogP contribution in [0, 0.1) is 18.4 Å². The van der Waals surface area contributed by atoms with E-state index < -0.39 is 17.4 Å². The molecular formula is C32H32N6O3S. The van der Waals surface area contributed by atoms with E-state index >= 15 is 0 Å². The number of hydrogen-bond acceptors (Lipinski definition) is 9. The van der Waals surface area contributed by atoms with Gasteiger partial charge in [-0.3, -0.25) is 9.59 Å². The molecule has 10 heteroatoms. The number of likely N-dealkylation sites (tertiary alicyclic amines) is 1. The lowest BCUT2D eigenvalue weighted by molar-refractivity contribution is -0.124. The van der Waals surface area contributed by atoms with Crippen LogP contribution in [0.15, 0.2) is 60.7 Å². The first-order valence-electron chi connectivity index (χ1n) is 14.0. The number of hydrogen-bond donors (Lipinski definition) is 4. The number of anilines is 1. The van der Waals surface area contributed by atoms with Crippen molar-refractivity contribution in [2.45, 2.75) is 43.8 Å². The van der Waals surface area contributed by atoms with Gasteiger partial charge < -0.3 is 32.2 Å². The third-order valence-electron chi connectivity index (χ3n) is 8.33. The number of amides is 1. The molecule has 9 nitrogen and oxygen atoms in total. The average Bonchev–Trinajstić information content (AvgIpc) is 3.25. The summed E-state index contributed by atoms with van der Waals surface area (Å²) in [5.74, 6) is 0.626. The van der Waals surface area contributed by atoms with Gasteiger partial charge in [-0.1, -0.05) is 30.3 Å². The van der Waals surface area contributed by atoms with E-state index in [-0.39, 0.29) is 11.9 Å². The Kier molecular flexibility index (Phi) is 7.10. The molecule has 2 heterocycles. The van der Waals surface area contributed by atoms with Crippen LogP contribution in [0.1, 0.15) is 57.2 Å². The van der Waals surface area contributed by atoms with Crippen molar-refractivity contribution in [2.75, 3.05) is 18.8 Å². The molecule has 2 aliphatic rings. The number of nitrogen functional groups attached to an aromatic ring is 1. The van der Waals surface area contributed by atoms with E-state index in [1.807, 2.05) is 49.4 Å². The predicted octanol–water partition coefficient (Wildman–Crippen LogP) is 4.43. The third kappa shape index (κ3) is 4.56. The highest BCUT2D eigenvalue weighted by atomic mass is 32.1. The summed E-state index contributed by atoms with van der Waals surface area (Å²) in [6.45, 7) is 3.14. The molecule has 6 rings (SSSR count). The molecule has 3 atom stereocenters. The molecule has 0 radical (unpaired) electrons. The molecule has 1 amide bonds. The summed E-state index contributed by atoms with van der Waals surface area (Å²) in [5.41, 5.74) is 21.5. The molecule has 1 fully saturated rings. The quantitative estimate of drug-likeness (QED) is 0.199. The normalized spacial score (nSPS) is 22.0. The van der Waals surface area contributed by atoms with Crippen molar-refractivity contribution in [3.63, 3.8) is 0 Å². The summed E-state index contributed by atoms with van der Waals surface area (Å²) in [6.07, 6.45) is 4.42. The Labute approximate surface area is 247 Å². The maximum atomic E-state index is 14.2. The fourth-order valence-corrected chi connectivity index (χ4v) is 7.39. The van der Waals surface area contributed by atoms with Crippen LogP contribution in [-0.2, 0) is 10.3 Å². The maximum absolute atomic E-state index is 14.2. The summed E-state index contributed by atoms with van der Waals surface area (Å²) in [6, 6.07) is 17.2. The van der Waals surface area contributed by atoms with Crippen molar-refractivity contribution in [3.8, 4) is 17.7 Å². The predicted molar refractivity (Wildman–Crippen MR) is 163 cm³/mol. The van der Waals surface area contributed by atoms with Gasteiger partial charge in [0.05, 0.1) is 15.6 Å².